The highest BCUT2D eigenvalue weighted by Gasteiger charge is 2.46. The number of benzene rings is 2. The van der Waals surface area contributed by atoms with E-state index in [1.54, 1.807) is 60.9 Å². The monoisotopic (exact) mass is 430 g/mol. The van der Waals surface area contributed by atoms with E-state index < -0.39 is 17.7 Å². The lowest BCUT2D eigenvalue weighted by atomic mass is 9.95. The quantitative estimate of drug-likeness (QED) is 0.350. The minimum Gasteiger partial charge on any atom is -0.508 e. The van der Waals surface area contributed by atoms with Gasteiger partial charge in [-0.3, -0.25) is 14.6 Å². The number of Topliss-reactive ketones (excluding diaryl/α,β-unsaturated/α-hetero) is 1. The maximum Gasteiger partial charge on any atom is 0.295 e. The highest BCUT2D eigenvalue weighted by molar-refractivity contribution is 6.46. The van der Waals surface area contributed by atoms with Gasteiger partial charge in [0.05, 0.1) is 18.2 Å². The number of aliphatic hydroxyl groups excluding tert-OH is 1. The summed E-state index contributed by atoms with van der Waals surface area (Å²) in [5.41, 5.74) is 1.62. The van der Waals surface area contributed by atoms with E-state index in [0.717, 1.165) is 5.56 Å². The highest BCUT2D eigenvalue weighted by atomic mass is 16.5. The SMILES string of the molecule is CCOc1cccc(C(O)=C2C(=O)C(=O)N(Cc3ccncc3)C2c2cccc(O)c2)c1. The van der Waals surface area contributed by atoms with Gasteiger partial charge < -0.3 is 19.8 Å². The molecule has 1 atom stereocenters. The number of carbonyl (C=O) groups is 2. The van der Waals surface area contributed by atoms with Crippen molar-refractivity contribution in [3.63, 3.8) is 0 Å². The summed E-state index contributed by atoms with van der Waals surface area (Å²) in [5.74, 6) is -1.27. The first-order valence-electron chi connectivity index (χ1n) is 10.2. The van der Waals surface area contributed by atoms with Crippen molar-refractivity contribution in [2.45, 2.75) is 19.5 Å². The highest BCUT2D eigenvalue weighted by Crippen LogP contribution is 2.41. The van der Waals surface area contributed by atoms with Gasteiger partial charge in [0.15, 0.2) is 0 Å². The Bertz CT molecular complexity index is 1190. The van der Waals surface area contributed by atoms with Crippen LogP contribution in [-0.2, 0) is 16.1 Å². The summed E-state index contributed by atoms with van der Waals surface area (Å²) in [6, 6.07) is 15.7. The Balaban J connectivity index is 1.85. The van der Waals surface area contributed by atoms with Gasteiger partial charge in [-0.25, -0.2) is 0 Å². The van der Waals surface area contributed by atoms with E-state index in [1.807, 2.05) is 6.92 Å². The topological polar surface area (TPSA) is 100.0 Å². The Morgan fingerprint density at radius 1 is 1.06 bits per heavy atom. The van der Waals surface area contributed by atoms with Crippen LogP contribution in [0.15, 0.2) is 78.6 Å². The molecule has 1 aromatic heterocycles. The van der Waals surface area contributed by atoms with Gasteiger partial charge in [0.2, 0.25) is 0 Å². The number of rotatable bonds is 6. The van der Waals surface area contributed by atoms with Crippen molar-refractivity contribution in [3.05, 3.63) is 95.3 Å². The maximum absolute atomic E-state index is 13.1. The molecule has 1 fully saturated rings. The third-order valence-corrected chi connectivity index (χ3v) is 5.25. The molecule has 0 bridgehead atoms. The van der Waals surface area contributed by atoms with E-state index in [-0.39, 0.29) is 23.6 Å². The molecule has 1 amide bonds. The van der Waals surface area contributed by atoms with Gasteiger partial charge in [-0.15, -0.1) is 0 Å². The molecule has 32 heavy (non-hydrogen) atoms. The summed E-state index contributed by atoms with van der Waals surface area (Å²) < 4.78 is 5.50. The van der Waals surface area contributed by atoms with Crippen LogP contribution in [0.25, 0.3) is 5.76 Å². The first kappa shape index (κ1) is 21.1. The smallest absolute Gasteiger partial charge is 0.295 e. The zero-order valence-electron chi connectivity index (χ0n) is 17.4. The molecule has 2 heterocycles. The zero-order valence-corrected chi connectivity index (χ0v) is 17.4. The lowest BCUT2D eigenvalue weighted by Gasteiger charge is -2.25. The molecule has 0 saturated carbocycles. The van der Waals surface area contributed by atoms with Crippen LogP contribution in [0.4, 0.5) is 0 Å². The molecule has 0 spiro atoms. The Morgan fingerprint density at radius 3 is 2.53 bits per heavy atom. The lowest BCUT2D eigenvalue weighted by molar-refractivity contribution is -0.140. The molecule has 2 aromatic carbocycles. The van der Waals surface area contributed by atoms with Crippen molar-refractivity contribution < 1.29 is 24.5 Å². The van der Waals surface area contributed by atoms with Crippen LogP contribution in [0, 0.1) is 0 Å². The van der Waals surface area contributed by atoms with Crippen molar-refractivity contribution in [1.29, 1.82) is 0 Å². The molecule has 1 saturated heterocycles. The fraction of sp³-hybridized carbons (Fsp3) is 0.160. The number of aromatic hydroxyl groups is 1. The van der Waals surface area contributed by atoms with Crippen molar-refractivity contribution in [2.75, 3.05) is 6.61 Å². The average Bonchev–Trinajstić information content (AvgIpc) is 3.05. The summed E-state index contributed by atoms with van der Waals surface area (Å²) in [5, 5.41) is 21.2. The van der Waals surface area contributed by atoms with Crippen LogP contribution in [0.3, 0.4) is 0 Å². The molecule has 1 aliphatic rings. The molecular formula is C25H22N2O5. The van der Waals surface area contributed by atoms with E-state index in [4.69, 9.17) is 4.74 Å². The van der Waals surface area contributed by atoms with Gasteiger partial charge in [0.1, 0.15) is 17.3 Å². The molecule has 1 unspecified atom stereocenters. The Morgan fingerprint density at radius 2 is 1.81 bits per heavy atom. The predicted molar refractivity (Wildman–Crippen MR) is 118 cm³/mol. The predicted octanol–water partition coefficient (Wildman–Crippen LogP) is 3.81. The fourth-order valence-electron chi connectivity index (χ4n) is 3.82. The minimum atomic E-state index is -0.869. The number of pyridine rings is 1. The van der Waals surface area contributed by atoms with E-state index in [2.05, 4.69) is 4.98 Å². The van der Waals surface area contributed by atoms with Crippen LogP contribution in [0.5, 0.6) is 11.5 Å². The molecule has 3 aromatic rings. The number of phenolic OH excluding ortho intramolecular Hbond substituents is 1. The summed E-state index contributed by atoms with van der Waals surface area (Å²) in [6.07, 6.45) is 3.21. The number of amides is 1. The fourth-order valence-corrected chi connectivity index (χ4v) is 3.82. The normalized spacial score (nSPS) is 17.5. The Kier molecular flexibility index (Phi) is 5.89. The molecular weight excluding hydrogens is 408 g/mol. The minimum absolute atomic E-state index is 0.00431. The van der Waals surface area contributed by atoms with Gasteiger partial charge in [0, 0.05) is 24.5 Å². The molecule has 0 aliphatic carbocycles. The van der Waals surface area contributed by atoms with Gasteiger partial charge in [-0.1, -0.05) is 24.3 Å². The molecule has 4 rings (SSSR count). The van der Waals surface area contributed by atoms with Gasteiger partial charge in [-0.2, -0.15) is 0 Å². The second kappa shape index (κ2) is 8.93. The zero-order chi connectivity index (χ0) is 22.7. The molecule has 0 radical (unpaired) electrons. The van der Waals surface area contributed by atoms with Gasteiger partial charge in [0.25, 0.3) is 11.7 Å². The third kappa shape index (κ3) is 4.05. The van der Waals surface area contributed by atoms with Crippen LogP contribution in [0.1, 0.15) is 29.7 Å². The summed E-state index contributed by atoms with van der Waals surface area (Å²) in [7, 11) is 0. The number of hydrogen-bond donors (Lipinski definition) is 2. The van der Waals surface area contributed by atoms with Crippen LogP contribution >= 0.6 is 0 Å². The third-order valence-electron chi connectivity index (χ3n) is 5.25. The number of phenols is 1. The van der Waals surface area contributed by atoms with Crippen LogP contribution in [0.2, 0.25) is 0 Å². The number of hydrogen-bond acceptors (Lipinski definition) is 6. The largest absolute Gasteiger partial charge is 0.508 e. The molecule has 162 valence electrons. The van der Waals surface area contributed by atoms with E-state index >= 15 is 0 Å². The molecule has 7 heteroatoms. The summed E-state index contributed by atoms with van der Waals surface area (Å²) in [6.45, 7) is 2.44. The Hall–Kier alpha value is -4.13. The second-order valence-corrected chi connectivity index (χ2v) is 7.34. The van der Waals surface area contributed by atoms with Crippen LogP contribution < -0.4 is 4.74 Å². The van der Waals surface area contributed by atoms with E-state index in [9.17, 15) is 19.8 Å². The second-order valence-electron chi connectivity index (χ2n) is 7.34. The number of ketones is 1. The number of likely N-dealkylation sites (tertiary alicyclic amines) is 1. The maximum atomic E-state index is 13.1. The van der Waals surface area contributed by atoms with Crippen LogP contribution in [-0.4, -0.2) is 38.4 Å². The molecule has 2 N–H and O–H groups in total. The van der Waals surface area contributed by atoms with Gasteiger partial charge in [-0.05, 0) is 54.4 Å². The first-order valence-corrected chi connectivity index (χ1v) is 10.2. The van der Waals surface area contributed by atoms with Crippen molar-refractivity contribution >= 4 is 17.4 Å². The molecule has 1 aliphatic heterocycles. The summed E-state index contributed by atoms with van der Waals surface area (Å²) >= 11 is 0. The van der Waals surface area contributed by atoms with E-state index in [0.29, 0.717) is 23.5 Å². The van der Waals surface area contributed by atoms with Crippen molar-refractivity contribution in [3.8, 4) is 11.5 Å². The summed E-state index contributed by atoms with van der Waals surface area (Å²) in [4.78, 5) is 31.5. The number of carbonyl (C=O) groups excluding carboxylic acids is 2. The number of nitrogens with zero attached hydrogens (tertiary/aromatic N) is 2. The van der Waals surface area contributed by atoms with Crippen molar-refractivity contribution in [2.24, 2.45) is 0 Å². The standard InChI is InChI=1S/C25H22N2O5/c1-2-32-20-8-4-6-18(14-20)23(29)21-22(17-5-3-7-19(28)13-17)27(25(31)24(21)30)15-16-9-11-26-12-10-16/h3-14,22,28-29H,2,15H2,1H3. The van der Waals surface area contributed by atoms with Crippen molar-refractivity contribution in [1.82, 2.24) is 9.88 Å². The lowest BCUT2D eigenvalue weighted by Crippen LogP contribution is -2.29. The Labute approximate surface area is 185 Å². The molecule has 7 nitrogen and oxygen atoms in total. The number of aromatic nitrogens is 1. The average molecular weight is 430 g/mol. The number of aliphatic hydroxyl groups is 1. The first-order chi connectivity index (χ1) is 15.5. The van der Waals surface area contributed by atoms with E-state index in [1.165, 1.54) is 17.0 Å². The van der Waals surface area contributed by atoms with Gasteiger partial charge >= 0.3 is 0 Å². The number of ether oxygens (including phenoxy) is 1.